The number of nitrogens with zero attached hydrogens (tertiary/aromatic N) is 1. The Hall–Kier alpha value is -1.62. The van der Waals surface area contributed by atoms with E-state index >= 15 is 0 Å². The number of likely N-dealkylation sites (tertiary alicyclic amines) is 1. The first-order valence-electron chi connectivity index (χ1n) is 6.39. The summed E-state index contributed by atoms with van der Waals surface area (Å²) in [6.45, 7) is 3.30. The van der Waals surface area contributed by atoms with Crippen LogP contribution in [0.5, 0.6) is 0 Å². The second-order valence-electron chi connectivity index (χ2n) is 5.06. The Morgan fingerprint density at radius 1 is 1.47 bits per heavy atom. The van der Waals surface area contributed by atoms with Gasteiger partial charge in [-0.1, -0.05) is 6.92 Å². The van der Waals surface area contributed by atoms with Crippen LogP contribution in [-0.2, 0) is 4.74 Å². The van der Waals surface area contributed by atoms with Gasteiger partial charge in [-0.2, -0.15) is 0 Å². The molecule has 104 valence electrons. The number of carbonyl (C=O) groups is 1. The number of halogens is 1. The monoisotopic (exact) mass is 266 g/mol. The number of hydrogen-bond donors (Lipinski definition) is 1. The Balaban J connectivity index is 2.15. The van der Waals surface area contributed by atoms with Gasteiger partial charge in [0.1, 0.15) is 5.82 Å². The Bertz CT molecular complexity index is 458. The molecule has 4 nitrogen and oxygen atoms in total. The van der Waals surface area contributed by atoms with E-state index in [-0.39, 0.29) is 17.7 Å². The highest BCUT2D eigenvalue weighted by molar-refractivity contribution is 5.95. The number of ether oxygens (including phenoxy) is 1. The van der Waals surface area contributed by atoms with Crippen LogP contribution in [0.3, 0.4) is 0 Å². The standard InChI is InChI=1S/C14H19FN2O2/c1-9-3-4-17(8-13(9)19-2)14(18)10-5-11(15)7-12(16)6-10/h5-7,9,13H,3-4,8,16H2,1-2H3. The maximum atomic E-state index is 13.3. The summed E-state index contributed by atoms with van der Waals surface area (Å²) >= 11 is 0. The van der Waals surface area contributed by atoms with E-state index in [2.05, 4.69) is 6.92 Å². The molecule has 1 amide bonds. The van der Waals surface area contributed by atoms with Crippen molar-refractivity contribution in [3.8, 4) is 0 Å². The Morgan fingerprint density at radius 2 is 2.21 bits per heavy atom. The average molecular weight is 266 g/mol. The lowest BCUT2D eigenvalue weighted by atomic mass is 9.95. The maximum absolute atomic E-state index is 13.3. The van der Waals surface area contributed by atoms with E-state index < -0.39 is 5.82 Å². The molecular formula is C14H19FN2O2. The highest BCUT2D eigenvalue weighted by Crippen LogP contribution is 2.22. The summed E-state index contributed by atoms with van der Waals surface area (Å²) in [6, 6.07) is 3.93. The molecule has 1 aliphatic heterocycles. The third kappa shape index (κ3) is 3.04. The molecule has 1 saturated heterocycles. The van der Waals surface area contributed by atoms with Crippen LogP contribution < -0.4 is 5.73 Å². The first-order valence-corrected chi connectivity index (χ1v) is 6.39. The van der Waals surface area contributed by atoms with Crippen molar-refractivity contribution in [3.63, 3.8) is 0 Å². The van der Waals surface area contributed by atoms with E-state index in [0.29, 0.717) is 24.6 Å². The minimum absolute atomic E-state index is 0.0311. The number of amides is 1. The topological polar surface area (TPSA) is 55.6 Å². The predicted octanol–water partition coefficient (Wildman–Crippen LogP) is 1.90. The molecule has 2 rings (SSSR count). The molecule has 1 aromatic rings. The van der Waals surface area contributed by atoms with Crippen molar-refractivity contribution >= 4 is 11.6 Å². The SMILES string of the molecule is COC1CN(C(=O)c2cc(N)cc(F)c2)CCC1C. The number of nitrogens with two attached hydrogens (primary N) is 1. The van der Waals surface area contributed by atoms with Gasteiger partial charge in [0.15, 0.2) is 0 Å². The smallest absolute Gasteiger partial charge is 0.254 e. The van der Waals surface area contributed by atoms with Gasteiger partial charge in [0.05, 0.1) is 6.10 Å². The lowest BCUT2D eigenvalue weighted by molar-refractivity contribution is -0.00157. The lowest BCUT2D eigenvalue weighted by Crippen LogP contribution is -2.46. The third-order valence-electron chi connectivity index (χ3n) is 3.65. The van der Waals surface area contributed by atoms with Crippen molar-refractivity contribution in [1.82, 2.24) is 4.90 Å². The fraction of sp³-hybridized carbons (Fsp3) is 0.500. The van der Waals surface area contributed by atoms with Crippen molar-refractivity contribution in [1.29, 1.82) is 0 Å². The Morgan fingerprint density at radius 3 is 2.84 bits per heavy atom. The molecule has 0 saturated carbocycles. The molecule has 0 radical (unpaired) electrons. The Kier molecular flexibility index (Phi) is 4.04. The molecule has 2 unspecified atom stereocenters. The summed E-state index contributed by atoms with van der Waals surface area (Å²) in [4.78, 5) is 14.0. The van der Waals surface area contributed by atoms with Gasteiger partial charge in [0.2, 0.25) is 0 Å². The van der Waals surface area contributed by atoms with Crippen LogP contribution in [0, 0.1) is 11.7 Å². The first-order chi connectivity index (χ1) is 9.01. The molecule has 0 bridgehead atoms. The van der Waals surface area contributed by atoms with Gasteiger partial charge in [-0.3, -0.25) is 4.79 Å². The highest BCUT2D eigenvalue weighted by atomic mass is 19.1. The van der Waals surface area contributed by atoms with E-state index in [1.807, 2.05) is 0 Å². The summed E-state index contributed by atoms with van der Waals surface area (Å²) in [5.41, 5.74) is 6.12. The van der Waals surface area contributed by atoms with Crippen LogP contribution in [0.4, 0.5) is 10.1 Å². The molecule has 1 aromatic carbocycles. The number of hydrogen-bond acceptors (Lipinski definition) is 3. The van der Waals surface area contributed by atoms with Gasteiger partial charge < -0.3 is 15.4 Å². The van der Waals surface area contributed by atoms with Gasteiger partial charge in [0.25, 0.3) is 5.91 Å². The fourth-order valence-electron chi connectivity index (χ4n) is 2.44. The highest BCUT2D eigenvalue weighted by Gasteiger charge is 2.29. The van der Waals surface area contributed by atoms with Crippen LogP contribution in [0.2, 0.25) is 0 Å². The number of nitrogen functional groups attached to an aromatic ring is 1. The Labute approximate surface area is 112 Å². The molecule has 2 N–H and O–H groups in total. The van der Waals surface area contributed by atoms with Gasteiger partial charge in [-0.25, -0.2) is 4.39 Å². The van der Waals surface area contributed by atoms with Gasteiger partial charge >= 0.3 is 0 Å². The molecular weight excluding hydrogens is 247 g/mol. The number of piperidine rings is 1. The molecule has 2 atom stereocenters. The zero-order chi connectivity index (χ0) is 14.0. The average Bonchev–Trinajstić information content (AvgIpc) is 2.37. The second kappa shape index (κ2) is 5.57. The fourth-order valence-corrected chi connectivity index (χ4v) is 2.44. The zero-order valence-corrected chi connectivity index (χ0v) is 11.2. The molecule has 19 heavy (non-hydrogen) atoms. The van der Waals surface area contributed by atoms with E-state index in [1.165, 1.54) is 18.2 Å². The summed E-state index contributed by atoms with van der Waals surface area (Å²) < 4.78 is 18.7. The summed E-state index contributed by atoms with van der Waals surface area (Å²) in [6.07, 6.45) is 0.915. The van der Waals surface area contributed by atoms with E-state index in [0.717, 1.165) is 6.42 Å². The zero-order valence-electron chi connectivity index (χ0n) is 11.2. The molecule has 1 aliphatic rings. The lowest BCUT2D eigenvalue weighted by Gasteiger charge is -2.36. The minimum atomic E-state index is -0.489. The second-order valence-corrected chi connectivity index (χ2v) is 5.06. The van der Waals surface area contributed by atoms with Gasteiger partial charge in [-0.05, 0) is 30.5 Å². The van der Waals surface area contributed by atoms with Crippen molar-refractivity contribution in [2.45, 2.75) is 19.4 Å². The molecule has 1 fully saturated rings. The van der Waals surface area contributed by atoms with Gasteiger partial charge in [-0.15, -0.1) is 0 Å². The number of methoxy groups -OCH3 is 1. The van der Waals surface area contributed by atoms with Crippen LogP contribution in [-0.4, -0.2) is 37.1 Å². The van der Waals surface area contributed by atoms with Crippen LogP contribution in [0.1, 0.15) is 23.7 Å². The quantitative estimate of drug-likeness (QED) is 0.832. The van der Waals surface area contributed by atoms with E-state index in [9.17, 15) is 9.18 Å². The van der Waals surface area contributed by atoms with E-state index in [1.54, 1.807) is 12.0 Å². The van der Waals surface area contributed by atoms with Crippen molar-refractivity contribution in [2.75, 3.05) is 25.9 Å². The van der Waals surface area contributed by atoms with Gasteiger partial charge in [0, 0.05) is 31.5 Å². The molecule has 5 heteroatoms. The van der Waals surface area contributed by atoms with Crippen LogP contribution >= 0.6 is 0 Å². The molecule has 1 heterocycles. The van der Waals surface area contributed by atoms with Crippen LogP contribution in [0.25, 0.3) is 0 Å². The van der Waals surface area contributed by atoms with Crippen molar-refractivity contribution in [2.24, 2.45) is 5.92 Å². The number of rotatable bonds is 2. The van der Waals surface area contributed by atoms with Crippen LogP contribution in [0.15, 0.2) is 18.2 Å². The predicted molar refractivity (Wildman–Crippen MR) is 71.3 cm³/mol. The number of carbonyl (C=O) groups excluding carboxylic acids is 1. The summed E-state index contributed by atoms with van der Waals surface area (Å²) in [5, 5.41) is 0. The van der Waals surface area contributed by atoms with Crippen molar-refractivity contribution < 1.29 is 13.9 Å². The molecule has 0 aliphatic carbocycles. The normalized spacial score (nSPS) is 23.4. The summed E-state index contributed by atoms with van der Waals surface area (Å²) in [5.74, 6) is -0.260. The molecule has 0 spiro atoms. The minimum Gasteiger partial charge on any atom is -0.399 e. The summed E-state index contributed by atoms with van der Waals surface area (Å²) in [7, 11) is 1.65. The van der Waals surface area contributed by atoms with E-state index in [4.69, 9.17) is 10.5 Å². The number of anilines is 1. The largest absolute Gasteiger partial charge is 0.399 e. The van der Waals surface area contributed by atoms with Crippen molar-refractivity contribution in [3.05, 3.63) is 29.6 Å². The third-order valence-corrected chi connectivity index (χ3v) is 3.65. The first kappa shape index (κ1) is 13.8. The number of benzene rings is 1. The maximum Gasteiger partial charge on any atom is 0.254 e. The molecule has 0 aromatic heterocycles.